The first kappa shape index (κ1) is 13.4. The summed E-state index contributed by atoms with van der Waals surface area (Å²) in [5.41, 5.74) is 0.457. The largest absolute Gasteiger partial charge is 0.494 e. The number of hydrogen-bond acceptors (Lipinski definition) is 3. The van der Waals surface area contributed by atoms with Crippen LogP contribution < -0.4 is 9.47 Å². The highest BCUT2D eigenvalue weighted by Crippen LogP contribution is 2.19. The molecule has 0 unspecified atom stereocenters. The van der Waals surface area contributed by atoms with Crippen molar-refractivity contribution in [2.75, 3.05) is 6.61 Å². The Morgan fingerprint density at radius 3 is 2.16 bits per heavy atom. The van der Waals surface area contributed by atoms with Crippen LogP contribution in [0.5, 0.6) is 11.5 Å². The van der Waals surface area contributed by atoms with Gasteiger partial charge in [0, 0.05) is 5.02 Å². The Labute approximate surface area is 116 Å². The van der Waals surface area contributed by atoms with E-state index in [1.807, 2.05) is 6.92 Å². The van der Waals surface area contributed by atoms with Crippen LogP contribution >= 0.6 is 11.6 Å². The first-order chi connectivity index (χ1) is 9.19. The number of halogens is 1. The minimum Gasteiger partial charge on any atom is -0.494 e. The molecule has 0 spiro atoms. The van der Waals surface area contributed by atoms with Gasteiger partial charge in [-0.3, -0.25) is 0 Å². The van der Waals surface area contributed by atoms with Crippen molar-refractivity contribution in [2.45, 2.75) is 6.92 Å². The topological polar surface area (TPSA) is 35.5 Å². The lowest BCUT2D eigenvalue weighted by atomic mass is 10.2. The van der Waals surface area contributed by atoms with Crippen molar-refractivity contribution in [3.8, 4) is 11.5 Å². The molecule has 3 nitrogen and oxygen atoms in total. The predicted octanol–water partition coefficient (Wildman–Crippen LogP) is 3.96. The molecule has 19 heavy (non-hydrogen) atoms. The van der Waals surface area contributed by atoms with Crippen molar-refractivity contribution in [3.63, 3.8) is 0 Å². The van der Waals surface area contributed by atoms with E-state index in [2.05, 4.69) is 0 Å². The van der Waals surface area contributed by atoms with Gasteiger partial charge in [0.05, 0.1) is 12.2 Å². The van der Waals surface area contributed by atoms with E-state index in [0.717, 1.165) is 5.75 Å². The van der Waals surface area contributed by atoms with Crippen LogP contribution in [-0.2, 0) is 0 Å². The first-order valence-corrected chi connectivity index (χ1v) is 6.27. The van der Waals surface area contributed by atoms with E-state index in [-0.39, 0.29) is 0 Å². The Hall–Kier alpha value is -2.00. The van der Waals surface area contributed by atoms with Gasteiger partial charge in [-0.25, -0.2) is 4.79 Å². The maximum Gasteiger partial charge on any atom is 0.343 e. The number of carbonyl (C=O) groups excluding carboxylic acids is 1. The molecule has 98 valence electrons. The van der Waals surface area contributed by atoms with Crippen molar-refractivity contribution in [1.29, 1.82) is 0 Å². The van der Waals surface area contributed by atoms with E-state index in [1.165, 1.54) is 0 Å². The summed E-state index contributed by atoms with van der Waals surface area (Å²) in [6.07, 6.45) is 0. The summed E-state index contributed by atoms with van der Waals surface area (Å²) >= 11 is 5.76. The van der Waals surface area contributed by atoms with Gasteiger partial charge in [0.25, 0.3) is 0 Å². The average Bonchev–Trinajstić information content (AvgIpc) is 2.42. The van der Waals surface area contributed by atoms with E-state index in [1.54, 1.807) is 48.5 Å². The summed E-state index contributed by atoms with van der Waals surface area (Å²) in [7, 11) is 0. The third-order valence-corrected chi connectivity index (χ3v) is 2.68. The highest BCUT2D eigenvalue weighted by molar-refractivity contribution is 6.30. The molecule has 0 aliphatic heterocycles. The molecule has 2 aromatic carbocycles. The summed E-state index contributed by atoms with van der Waals surface area (Å²) in [4.78, 5) is 11.8. The number of carbonyl (C=O) groups is 1. The summed E-state index contributed by atoms with van der Waals surface area (Å²) < 4.78 is 10.5. The molecule has 0 N–H and O–H groups in total. The Balaban J connectivity index is 2.04. The van der Waals surface area contributed by atoms with Crippen LogP contribution in [-0.4, -0.2) is 12.6 Å². The van der Waals surface area contributed by atoms with Crippen LogP contribution in [0.1, 0.15) is 17.3 Å². The van der Waals surface area contributed by atoms with Crippen LogP contribution in [0.15, 0.2) is 48.5 Å². The van der Waals surface area contributed by atoms with E-state index < -0.39 is 5.97 Å². The highest BCUT2D eigenvalue weighted by Gasteiger charge is 2.08. The van der Waals surface area contributed by atoms with Gasteiger partial charge < -0.3 is 9.47 Å². The van der Waals surface area contributed by atoms with Crippen molar-refractivity contribution in [3.05, 3.63) is 59.1 Å². The maximum atomic E-state index is 11.8. The molecule has 0 bridgehead atoms. The Morgan fingerprint density at radius 2 is 1.58 bits per heavy atom. The monoisotopic (exact) mass is 276 g/mol. The normalized spacial score (nSPS) is 10.0. The molecule has 0 heterocycles. The molecule has 0 fully saturated rings. The zero-order valence-corrected chi connectivity index (χ0v) is 11.2. The van der Waals surface area contributed by atoms with Crippen LogP contribution in [0.4, 0.5) is 0 Å². The molecular formula is C15H13ClO3. The Bertz CT molecular complexity index is 547. The molecule has 0 aliphatic rings. The molecule has 2 aromatic rings. The van der Waals surface area contributed by atoms with E-state index in [4.69, 9.17) is 21.1 Å². The van der Waals surface area contributed by atoms with Gasteiger partial charge in [0.15, 0.2) is 0 Å². The summed E-state index contributed by atoms with van der Waals surface area (Å²) in [5.74, 6) is 0.804. The molecule has 0 saturated carbocycles. The van der Waals surface area contributed by atoms with Gasteiger partial charge in [-0.05, 0) is 55.5 Å². The number of ether oxygens (including phenoxy) is 2. The molecule has 4 heteroatoms. The molecule has 0 amide bonds. The van der Waals surface area contributed by atoms with Crippen molar-refractivity contribution >= 4 is 17.6 Å². The van der Waals surface area contributed by atoms with E-state index in [9.17, 15) is 4.79 Å². The van der Waals surface area contributed by atoms with Gasteiger partial charge in [-0.2, -0.15) is 0 Å². The van der Waals surface area contributed by atoms with Crippen molar-refractivity contribution in [1.82, 2.24) is 0 Å². The Morgan fingerprint density at radius 1 is 1.00 bits per heavy atom. The second-order valence-electron chi connectivity index (χ2n) is 3.80. The first-order valence-electron chi connectivity index (χ1n) is 5.89. The standard InChI is InChI=1S/C15H13ClO3/c1-2-18-13-7-9-14(10-8-13)19-15(17)11-3-5-12(16)6-4-11/h3-10H,2H2,1H3. The summed E-state index contributed by atoms with van der Waals surface area (Å²) in [5, 5.41) is 0.581. The minimum absolute atomic E-state index is 0.416. The Kier molecular flexibility index (Phi) is 4.42. The maximum absolute atomic E-state index is 11.8. The molecule has 2 rings (SSSR count). The summed E-state index contributed by atoms with van der Waals surface area (Å²) in [6.45, 7) is 2.51. The van der Waals surface area contributed by atoms with E-state index >= 15 is 0 Å². The number of benzene rings is 2. The van der Waals surface area contributed by atoms with Crippen molar-refractivity contribution in [2.24, 2.45) is 0 Å². The second kappa shape index (κ2) is 6.25. The van der Waals surface area contributed by atoms with Crippen molar-refractivity contribution < 1.29 is 14.3 Å². The number of hydrogen-bond donors (Lipinski definition) is 0. The SMILES string of the molecule is CCOc1ccc(OC(=O)c2ccc(Cl)cc2)cc1. The molecule has 0 atom stereocenters. The second-order valence-corrected chi connectivity index (χ2v) is 4.24. The predicted molar refractivity (Wildman–Crippen MR) is 74.0 cm³/mol. The molecule has 0 radical (unpaired) electrons. The highest BCUT2D eigenvalue weighted by atomic mass is 35.5. The van der Waals surface area contributed by atoms with Gasteiger partial charge in [0.2, 0.25) is 0 Å². The zero-order chi connectivity index (χ0) is 13.7. The molecule has 0 saturated heterocycles. The lowest BCUT2D eigenvalue weighted by molar-refractivity contribution is 0.0734. The van der Waals surface area contributed by atoms with Crippen LogP contribution in [0.25, 0.3) is 0 Å². The summed E-state index contributed by atoms with van der Waals surface area (Å²) in [6, 6.07) is 13.4. The lowest BCUT2D eigenvalue weighted by Gasteiger charge is -2.06. The van der Waals surface area contributed by atoms with Gasteiger partial charge in [-0.15, -0.1) is 0 Å². The minimum atomic E-state index is -0.416. The smallest absolute Gasteiger partial charge is 0.343 e. The average molecular weight is 277 g/mol. The van der Waals surface area contributed by atoms with E-state index in [0.29, 0.717) is 22.9 Å². The fourth-order valence-corrected chi connectivity index (χ4v) is 1.65. The number of rotatable bonds is 4. The van der Waals surface area contributed by atoms with Gasteiger partial charge >= 0.3 is 5.97 Å². The fourth-order valence-electron chi connectivity index (χ4n) is 1.52. The third kappa shape index (κ3) is 3.73. The van der Waals surface area contributed by atoms with Crippen LogP contribution in [0, 0.1) is 0 Å². The quantitative estimate of drug-likeness (QED) is 0.626. The van der Waals surface area contributed by atoms with Crippen LogP contribution in [0.3, 0.4) is 0 Å². The molecule has 0 aromatic heterocycles. The molecule has 0 aliphatic carbocycles. The number of esters is 1. The fraction of sp³-hybridized carbons (Fsp3) is 0.133. The zero-order valence-electron chi connectivity index (χ0n) is 10.4. The van der Waals surface area contributed by atoms with Crippen LogP contribution in [0.2, 0.25) is 5.02 Å². The van der Waals surface area contributed by atoms with Gasteiger partial charge in [0.1, 0.15) is 11.5 Å². The lowest BCUT2D eigenvalue weighted by Crippen LogP contribution is -2.08. The molecular weight excluding hydrogens is 264 g/mol. The van der Waals surface area contributed by atoms with Gasteiger partial charge in [-0.1, -0.05) is 11.6 Å². The third-order valence-electron chi connectivity index (χ3n) is 2.43.